The normalized spacial score (nSPS) is 18.7. The Hall–Kier alpha value is -0.300. The van der Waals surface area contributed by atoms with E-state index in [-0.39, 0.29) is 6.10 Å². The zero-order valence-electron chi connectivity index (χ0n) is 10.2. The summed E-state index contributed by atoms with van der Waals surface area (Å²) in [6, 6.07) is 0. The first-order chi connectivity index (χ1) is 7.34. The highest BCUT2D eigenvalue weighted by atomic mass is 16.3. The number of aliphatic hydroxyl groups is 1. The predicted molar refractivity (Wildman–Crippen MR) is 65.9 cm³/mol. The van der Waals surface area contributed by atoms with Crippen LogP contribution in [-0.2, 0) is 0 Å². The van der Waals surface area contributed by atoms with E-state index in [1.807, 2.05) is 0 Å². The van der Waals surface area contributed by atoms with E-state index in [0.717, 1.165) is 12.8 Å². The number of rotatable bonds is 7. The summed E-state index contributed by atoms with van der Waals surface area (Å²) in [6.45, 7) is 2.24. The lowest BCUT2D eigenvalue weighted by molar-refractivity contribution is 0.189. The molecule has 1 N–H and O–H groups in total. The number of aliphatic hydroxyl groups excluding tert-OH is 1. The molecular formula is C14H26O. The van der Waals surface area contributed by atoms with Gasteiger partial charge in [0.2, 0.25) is 0 Å². The zero-order valence-corrected chi connectivity index (χ0v) is 10.2. The van der Waals surface area contributed by atoms with Crippen LogP contribution in [-0.4, -0.2) is 11.2 Å². The van der Waals surface area contributed by atoms with Gasteiger partial charge in [0, 0.05) is 0 Å². The number of hydrogen-bond acceptors (Lipinski definition) is 1. The number of unbranched alkanes of at least 4 members (excludes halogenated alkanes) is 4. The molecule has 0 aromatic rings. The van der Waals surface area contributed by atoms with Gasteiger partial charge in [-0.15, -0.1) is 0 Å². The highest BCUT2D eigenvalue weighted by Gasteiger charge is 2.12. The lowest BCUT2D eigenvalue weighted by atomic mass is 9.93. The van der Waals surface area contributed by atoms with Gasteiger partial charge in [0.05, 0.1) is 6.10 Å². The SMILES string of the molecule is CCCCCCCC(O)C1=CCCCC1. The van der Waals surface area contributed by atoms with Crippen LogP contribution in [0.3, 0.4) is 0 Å². The predicted octanol–water partition coefficient (Wildman–Crippen LogP) is 4.21. The van der Waals surface area contributed by atoms with Crippen LogP contribution in [0.2, 0.25) is 0 Å². The van der Waals surface area contributed by atoms with Gasteiger partial charge in [-0.3, -0.25) is 0 Å². The quantitative estimate of drug-likeness (QED) is 0.493. The van der Waals surface area contributed by atoms with Gasteiger partial charge in [-0.25, -0.2) is 0 Å². The van der Waals surface area contributed by atoms with Gasteiger partial charge >= 0.3 is 0 Å². The van der Waals surface area contributed by atoms with Crippen LogP contribution >= 0.6 is 0 Å². The lowest BCUT2D eigenvalue weighted by Gasteiger charge is -2.18. The maximum atomic E-state index is 9.96. The van der Waals surface area contributed by atoms with E-state index in [1.54, 1.807) is 0 Å². The molecule has 0 heterocycles. The third kappa shape index (κ3) is 5.36. The lowest BCUT2D eigenvalue weighted by Crippen LogP contribution is -2.12. The Bertz CT molecular complexity index is 184. The second-order valence-corrected chi connectivity index (χ2v) is 4.74. The summed E-state index contributed by atoms with van der Waals surface area (Å²) in [5.74, 6) is 0. The molecule has 1 aliphatic carbocycles. The topological polar surface area (TPSA) is 20.2 Å². The molecule has 88 valence electrons. The Morgan fingerprint density at radius 2 is 2.00 bits per heavy atom. The molecule has 0 aromatic carbocycles. The Morgan fingerprint density at radius 1 is 1.20 bits per heavy atom. The van der Waals surface area contributed by atoms with Crippen molar-refractivity contribution in [2.45, 2.75) is 77.2 Å². The Kier molecular flexibility index (Phi) is 6.74. The summed E-state index contributed by atoms with van der Waals surface area (Å²) in [7, 11) is 0. The monoisotopic (exact) mass is 210 g/mol. The molecule has 0 aliphatic heterocycles. The molecule has 1 rings (SSSR count). The molecule has 0 saturated heterocycles. The summed E-state index contributed by atoms with van der Waals surface area (Å²) >= 11 is 0. The van der Waals surface area contributed by atoms with E-state index < -0.39 is 0 Å². The van der Waals surface area contributed by atoms with Gasteiger partial charge in [0.15, 0.2) is 0 Å². The van der Waals surface area contributed by atoms with E-state index in [1.165, 1.54) is 56.9 Å². The average Bonchev–Trinajstić information content (AvgIpc) is 2.30. The van der Waals surface area contributed by atoms with Crippen LogP contribution in [0.15, 0.2) is 11.6 Å². The second-order valence-electron chi connectivity index (χ2n) is 4.74. The van der Waals surface area contributed by atoms with Crippen molar-refractivity contribution < 1.29 is 5.11 Å². The molecule has 0 radical (unpaired) electrons. The minimum Gasteiger partial charge on any atom is -0.389 e. The Morgan fingerprint density at radius 3 is 2.67 bits per heavy atom. The summed E-state index contributed by atoms with van der Waals surface area (Å²) < 4.78 is 0. The molecule has 1 aliphatic rings. The summed E-state index contributed by atoms with van der Waals surface area (Å²) in [4.78, 5) is 0. The van der Waals surface area contributed by atoms with Crippen molar-refractivity contribution in [3.8, 4) is 0 Å². The van der Waals surface area contributed by atoms with Crippen LogP contribution in [0.1, 0.15) is 71.1 Å². The van der Waals surface area contributed by atoms with E-state index in [0.29, 0.717) is 0 Å². The van der Waals surface area contributed by atoms with Crippen molar-refractivity contribution >= 4 is 0 Å². The Balaban J connectivity index is 2.07. The van der Waals surface area contributed by atoms with Gasteiger partial charge in [0.25, 0.3) is 0 Å². The molecule has 0 aromatic heterocycles. The molecule has 1 unspecified atom stereocenters. The molecule has 0 spiro atoms. The summed E-state index contributed by atoms with van der Waals surface area (Å²) in [5.41, 5.74) is 1.32. The smallest absolute Gasteiger partial charge is 0.0750 e. The first-order valence-corrected chi connectivity index (χ1v) is 6.71. The summed E-state index contributed by atoms with van der Waals surface area (Å²) in [6.07, 6.45) is 14.5. The zero-order chi connectivity index (χ0) is 10.9. The van der Waals surface area contributed by atoms with Crippen LogP contribution in [0.25, 0.3) is 0 Å². The fraction of sp³-hybridized carbons (Fsp3) is 0.857. The van der Waals surface area contributed by atoms with E-state index >= 15 is 0 Å². The van der Waals surface area contributed by atoms with Gasteiger partial charge < -0.3 is 5.11 Å². The van der Waals surface area contributed by atoms with Gasteiger partial charge in [-0.1, -0.05) is 45.1 Å². The molecular weight excluding hydrogens is 184 g/mol. The van der Waals surface area contributed by atoms with Crippen LogP contribution in [0.4, 0.5) is 0 Å². The second kappa shape index (κ2) is 7.92. The van der Waals surface area contributed by atoms with Crippen LogP contribution < -0.4 is 0 Å². The standard InChI is InChI=1S/C14H26O/c1-2-3-4-5-9-12-14(15)13-10-7-6-8-11-13/h10,14-15H,2-9,11-12H2,1H3. The van der Waals surface area contributed by atoms with Gasteiger partial charge in [-0.2, -0.15) is 0 Å². The third-order valence-electron chi connectivity index (χ3n) is 3.34. The molecule has 1 heteroatoms. The highest BCUT2D eigenvalue weighted by molar-refractivity contribution is 5.10. The Labute approximate surface area is 94.6 Å². The van der Waals surface area contributed by atoms with Crippen LogP contribution in [0, 0.1) is 0 Å². The third-order valence-corrected chi connectivity index (χ3v) is 3.34. The average molecular weight is 210 g/mol. The number of allylic oxidation sites excluding steroid dienone is 1. The molecule has 1 atom stereocenters. The van der Waals surface area contributed by atoms with Crippen molar-refractivity contribution in [3.05, 3.63) is 11.6 Å². The van der Waals surface area contributed by atoms with Crippen molar-refractivity contribution in [1.82, 2.24) is 0 Å². The molecule has 0 amide bonds. The minimum atomic E-state index is -0.132. The van der Waals surface area contributed by atoms with Gasteiger partial charge in [-0.05, 0) is 37.7 Å². The van der Waals surface area contributed by atoms with Crippen molar-refractivity contribution in [2.24, 2.45) is 0 Å². The summed E-state index contributed by atoms with van der Waals surface area (Å²) in [5, 5.41) is 9.96. The largest absolute Gasteiger partial charge is 0.389 e. The maximum absolute atomic E-state index is 9.96. The first-order valence-electron chi connectivity index (χ1n) is 6.71. The highest BCUT2D eigenvalue weighted by Crippen LogP contribution is 2.23. The first kappa shape index (κ1) is 12.8. The number of hydrogen-bond donors (Lipinski definition) is 1. The fourth-order valence-electron chi connectivity index (χ4n) is 2.29. The molecule has 1 nitrogen and oxygen atoms in total. The van der Waals surface area contributed by atoms with Crippen molar-refractivity contribution in [1.29, 1.82) is 0 Å². The fourth-order valence-corrected chi connectivity index (χ4v) is 2.29. The van der Waals surface area contributed by atoms with Crippen LogP contribution in [0.5, 0.6) is 0 Å². The molecule has 15 heavy (non-hydrogen) atoms. The minimum absolute atomic E-state index is 0.132. The maximum Gasteiger partial charge on any atom is 0.0750 e. The van der Waals surface area contributed by atoms with E-state index in [9.17, 15) is 5.11 Å². The van der Waals surface area contributed by atoms with E-state index in [4.69, 9.17) is 0 Å². The molecule has 0 fully saturated rings. The van der Waals surface area contributed by atoms with Gasteiger partial charge in [0.1, 0.15) is 0 Å². The van der Waals surface area contributed by atoms with Crippen molar-refractivity contribution in [2.75, 3.05) is 0 Å². The van der Waals surface area contributed by atoms with Crippen molar-refractivity contribution in [3.63, 3.8) is 0 Å². The molecule has 0 saturated carbocycles. The van der Waals surface area contributed by atoms with E-state index in [2.05, 4.69) is 13.0 Å². The molecule has 0 bridgehead atoms.